The summed E-state index contributed by atoms with van der Waals surface area (Å²) in [6.45, 7) is 6.44. The van der Waals surface area contributed by atoms with Gasteiger partial charge in [0.2, 0.25) is 5.91 Å². The molecule has 0 fully saturated rings. The number of carbonyl (C=O) groups excluding carboxylic acids is 2. The lowest BCUT2D eigenvalue weighted by atomic mass is 9.81. The number of carbonyl (C=O) groups is 2. The number of amides is 2. The van der Waals surface area contributed by atoms with E-state index in [1.807, 2.05) is 12.1 Å². The number of benzene rings is 1. The van der Waals surface area contributed by atoms with Gasteiger partial charge >= 0.3 is 0 Å². The summed E-state index contributed by atoms with van der Waals surface area (Å²) >= 11 is 0. The average molecular weight is 246 g/mol. The van der Waals surface area contributed by atoms with Crippen molar-refractivity contribution < 1.29 is 9.59 Å². The minimum Gasteiger partial charge on any atom is -0.343 e. The topological polar surface area (TPSA) is 58.2 Å². The van der Waals surface area contributed by atoms with Gasteiger partial charge in [0.05, 0.1) is 17.8 Å². The van der Waals surface area contributed by atoms with Crippen LogP contribution in [0.1, 0.15) is 43.1 Å². The number of hydrogen-bond acceptors (Lipinski definition) is 2. The lowest BCUT2D eigenvalue weighted by Gasteiger charge is -2.24. The zero-order chi connectivity index (χ0) is 13.3. The predicted octanol–water partition coefficient (Wildman–Crippen LogP) is 2.06. The Morgan fingerprint density at radius 2 is 2.00 bits per heavy atom. The van der Waals surface area contributed by atoms with Crippen molar-refractivity contribution in [2.45, 2.75) is 32.6 Å². The van der Waals surface area contributed by atoms with E-state index in [0.717, 1.165) is 12.0 Å². The van der Waals surface area contributed by atoms with E-state index >= 15 is 0 Å². The van der Waals surface area contributed by atoms with Crippen molar-refractivity contribution >= 4 is 17.5 Å². The first-order chi connectivity index (χ1) is 8.44. The number of fused-ring (bicyclic) bond motifs is 1. The summed E-state index contributed by atoms with van der Waals surface area (Å²) in [7, 11) is 0. The monoisotopic (exact) mass is 246 g/mol. The van der Waals surface area contributed by atoms with E-state index in [0.29, 0.717) is 11.3 Å². The molecule has 1 aliphatic rings. The Kier molecular flexibility index (Phi) is 3.11. The first-order valence-electron chi connectivity index (χ1n) is 6.16. The molecule has 0 unspecified atom stereocenters. The Hall–Kier alpha value is -1.84. The maximum Gasteiger partial charge on any atom is 0.253 e. The van der Waals surface area contributed by atoms with Crippen molar-refractivity contribution in [1.82, 2.24) is 5.32 Å². The Balaban J connectivity index is 2.48. The molecule has 0 bridgehead atoms. The van der Waals surface area contributed by atoms with Crippen molar-refractivity contribution in [3.8, 4) is 0 Å². The Labute approximate surface area is 107 Å². The molecule has 18 heavy (non-hydrogen) atoms. The van der Waals surface area contributed by atoms with Gasteiger partial charge in [-0.3, -0.25) is 9.59 Å². The number of hydrogen-bond donors (Lipinski definition) is 2. The first kappa shape index (κ1) is 12.6. The molecule has 1 aliphatic heterocycles. The van der Waals surface area contributed by atoms with Crippen molar-refractivity contribution in [2.75, 3.05) is 11.9 Å². The van der Waals surface area contributed by atoms with Crippen molar-refractivity contribution in [1.29, 1.82) is 0 Å². The van der Waals surface area contributed by atoms with Crippen LogP contribution in [0.25, 0.3) is 0 Å². The summed E-state index contributed by atoms with van der Waals surface area (Å²) < 4.78 is 0. The summed E-state index contributed by atoms with van der Waals surface area (Å²) in [6, 6.07) is 5.64. The molecule has 4 heteroatoms. The molecule has 0 aromatic heterocycles. The molecule has 96 valence electrons. The van der Waals surface area contributed by atoms with Crippen LogP contribution in [0.3, 0.4) is 0 Å². The summed E-state index contributed by atoms with van der Waals surface area (Å²) in [4.78, 5) is 23.3. The molecule has 2 rings (SSSR count). The second kappa shape index (κ2) is 4.44. The van der Waals surface area contributed by atoms with Gasteiger partial charge in [-0.2, -0.15) is 0 Å². The highest BCUT2D eigenvalue weighted by Gasteiger charge is 2.23. The van der Waals surface area contributed by atoms with Crippen LogP contribution in [0.4, 0.5) is 5.69 Å². The van der Waals surface area contributed by atoms with Gasteiger partial charge in [-0.1, -0.05) is 26.8 Å². The van der Waals surface area contributed by atoms with E-state index in [9.17, 15) is 9.59 Å². The van der Waals surface area contributed by atoms with E-state index < -0.39 is 0 Å². The molecule has 0 radical (unpaired) electrons. The lowest BCUT2D eigenvalue weighted by molar-refractivity contribution is -0.115. The van der Waals surface area contributed by atoms with Crippen LogP contribution in [0.15, 0.2) is 18.2 Å². The Bertz CT molecular complexity index is 507. The van der Waals surface area contributed by atoms with Gasteiger partial charge in [0.15, 0.2) is 0 Å². The van der Waals surface area contributed by atoms with Crippen LogP contribution in [0.5, 0.6) is 0 Å². The van der Waals surface area contributed by atoms with E-state index in [1.54, 1.807) is 6.07 Å². The highest BCUT2D eigenvalue weighted by atomic mass is 16.2. The summed E-state index contributed by atoms with van der Waals surface area (Å²) in [6.07, 6.45) is 0.992. The Morgan fingerprint density at radius 1 is 1.28 bits per heavy atom. The third kappa shape index (κ3) is 2.23. The van der Waals surface area contributed by atoms with Crippen molar-refractivity contribution in [3.05, 3.63) is 29.3 Å². The smallest absolute Gasteiger partial charge is 0.253 e. The van der Waals surface area contributed by atoms with Crippen molar-refractivity contribution in [2.24, 2.45) is 0 Å². The molecule has 0 saturated heterocycles. The average Bonchev–Trinajstić information content (AvgIpc) is 2.48. The molecule has 1 aromatic carbocycles. The van der Waals surface area contributed by atoms with Crippen LogP contribution >= 0.6 is 0 Å². The van der Waals surface area contributed by atoms with E-state index in [-0.39, 0.29) is 23.8 Å². The van der Waals surface area contributed by atoms with Crippen LogP contribution in [0, 0.1) is 0 Å². The number of nitrogens with one attached hydrogen (secondary N) is 2. The summed E-state index contributed by atoms with van der Waals surface area (Å²) in [5.41, 5.74) is 2.28. The van der Waals surface area contributed by atoms with Gasteiger partial charge in [-0.05, 0) is 29.5 Å². The molecular weight excluding hydrogens is 228 g/mol. The molecule has 4 nitrogen and oxygen atoms in total. The van der Waals surface area contributed by atoms with Gasteiger partial charge < -0.3 is 10.6 Å². The summed E-state index contributed by atoms with van der Waals surface area (Å²) in [5, 5.41) is 5.34. The zero-order valence-electron chi connectivity index (χ0n) is 11.0. The Morgan fingerprint density at radius 3 is 2.67 bits per heavy atom. The normalized spacial score (nSPS) is 15.5. The van der Waals surface area contributed by atoms with Crippen LogP contribution in [-0.2, 0) is 10.2 Å². The standard InChI is InChI=1S/C14H18N2O2/c1-4-14(2,3)9-5-6-10-11(7-9)16-12(17)8-15-13(10)18/h5-7H,4,8H2,1-3H3,(H,15,18)(H,16,17). The fourth-order valence-corrected chi connectivity index (χ4v) is 1.92. The molecule has 2 N–H and O–H groups in total. The molecule has 2 amide bonds. The largest absolute Gasteiger partial charge is 0.343 e. The van der Waals surface area contributed by atoms with Crippen LogP contribution < -0.4 is 10.6 Å². The molecule has 0 saturated carbocycles. The second-order valence-electron chi connectivity index (χ2n) is 5.23. The zero-order valence-corrected chi connectivity index (χ0v) is 11.0. The van der Waals surface area contributed by atoms with Crippen LogP contribution in [0.2, 0.25) is 0 Å². The highest BCUT2D eigenvalue weighted by Crippen LogP contribution is 2.30. The van der Waals surface area contributed by atoms with E-state index in [1.165, 1.54) is 0 Å². The van der Waals surface area contributed by atoms with Gasteiger partial charge in [-0.25, -0.2) is 0 Å². The van der Waals surface area contributed by atoms with Gasteiger partial charge in [0, 0.05) is 0 Å². The summed E-state index contributed by atoms with van der Waals surface area (Å²) in [5.74, 6) is -0.391. The maximum atomic E-state index is 11.8. The fraction of sp³-hybridized carbons (Fsp3) is 0.429. The third-order valence-electron chi connectivity index (χ3n) is 3.61. The maximum absolute atomic E-state index is 11.8. The molecule has 1 heterocycles. The molecule has 0 atom stereocenters. The van der Waals surface area contributed by atoms with Gasteiger partial charge in [0.1, 0.15) is 0 Å². The second-order valence-corrected chi connectivity index (χ2v) is 5.23. The quantitative estimate of drug-likeness (QED) is 0.839. The molecular formula is C14H18N2O2. The van der Waals surface area contributed by atoms with Gasteiger partial charge in [-0.15, -0.1) is 0 Å². The number of rotatable bonds is 2. The minimum absolute atomic E-state index is 0.0278. The molecule has 0 aliphatic carbocycles. The van der Waals surface area contributed by atoms with Crippen molar-refractivity contribution in [3.63, 3.8) is 0 Å². The van der Waals surface area contributed by atoms with Crippen LogP contribution in [-0.4, -0.2) is 18.4 Å². The number of anilines is 1. The predicted molar refractivity (Wildman–Crippen MR) is 70.7 cm³/mol. The molecule has 0 spiro atoms. The first-order valence-corrected chi connectivity index (χ1v) is 6.16. The van der Waals surface area contributed by atoms with E-state index in [2.05, 4.69) is 31.4 Å². The highest BCUT2D eigenvalue weighted by molar-refractivity contribution is 6.08. The minimum atomic E-state index is -0.204. The van der Waals surface area contributed by atoms with E-state index in [4.69, 9.17) is 0 Å². The van der Waals surface area contributed by atoms with Gasteiger partial charge in [0.25, 0.3) is 5.91 Å². The third-order valence-corrected chi connectivity index (χ3v) is 3.61. The fourth-order valence-electron chi connectivity index (χ4n) is 1.92. The SMILES string of the molecule is CCC(C)(C)c1ccc2c(c1)NC(=O)CNC2=O. The lowest BCUT2D eigenvalue weighted by Crippen LogP contribution is -2.28. The molecule has 1 aromatic rings.